The molecule has 6 nitrogen and oxygen atoms in total. The lowest BCUT2D eigenvalue weighted by molar-refractivity contribution is -0.336. The van der Waals surface area contributed by atoms with Crippen LogP contribution in [0.1, 0.15) is 64.2 Å². The fourth-order valence-electron chi connectivity index (χ4n) is 3.32. The minimum atomic E-state index is -2.79. The molecule has 0 bridgehead atoms. The predicted octanol–water partition coefficient (Wildman–Crippen LogP) is 4.57. The van der Waals surface area contributed by atoms with Crippen molar-refractivity contribution < 1.29 is 32.6 Å². The second-order valence-corrected chi connectivity index (χ2v) is 8.74. The Hall–Kier alpha value is -2.22. The maximum atomic E-state index is 15.9. The highest BCUT2D eigenvalue weighted by molar-refractivity contribution is 5.92. The van der Waals surface area contributed by atoms with Gasteiger partial charge in [0.1, 0.15) is 17.5 Å². The van der Waals surface area contributed by atoms with Crippen molar-refractivity contribution in [1.29, 1.82) is 0 Å². The number of nitrogens with one attached hydrogen (secondary N) is 1. The average molecular weight is 442 g/mol. The van der Waals surface area contributed by atoms with Gasteiger partial charge in [-0.05, 0) is 25.5 Å². The van der Waals surface area contributed by atoms with Crippen molar-refractivity contribution in [3.05, 3.63) is 29.8 Å². The number of para-hydroxylation sites is 1. The molecular weight excluding hydrogens is 408 g/mol. The third-order valence-electron chi connectivity index (χ3n) is 5.17. The summed E-state index contributed by atoms with van der Waals surface area (Å²) >= 11 is 0. The molecule has 1 aromatic carbocycles. The number of alkyl halides is 2. The van der Waals surface area contributed by atoms with Gasteiger partial charge in [-0.1, -0.05) is 52.7 Å². The molecule has 2 rings (SSSR count). The van der Waals surface area contributed by atoms with E-state index in [2.05, 4.69) is 5.32 Å². The average Bonchev–Trinajstić information content (AvgIpc) is 2.70. The summed E-state index contributed by atoms with van der Waals surface area (Å²) in [5.41, 5.74) is -0.699. The van der Waals surface area contributed by atoms with Gasteiger partial charge in [0.2, 0.25) is 5.91 Å². The van der Waals surface area contributed by atoms with E-state index in [9.17, 15) is 9.59 Å². The van der Waals surface area contributed by atoms with Crippen molar-refractivity contribution in [3.8, 4) is 5.75 Å². The van der Waals surface area contributed by atoms with Crippen LogP contribution in [-0.2, 0) is 14.3 Å². The molecule has 1 saturated heterocycles. The summed E-state index contributed by atoms with van der Waals surface area (Å²) in [7, 11) is 0. The van der Waals surface area contributed by atoms with Crippen LogP contribution in [0.2, 0.25) is 0 Å². The van der Waals surface area contributed by atoms with E-state index in [0.29, 0.717) is 6.42 Å². The number of ether oxygens (including phenoxy) is 3. The molecule has 1 N–H and O–H groups in total. The third-order valence-corrected chi connectivity index (χ3v) is 5.17. The maximum absolute atomic E-state index is 15.9. The quantitative estimate of drug-likeness (QED) is 0.598. The SMILES string of the molecule is CCCCC1C(F)C(NC(=O)C(C)(C)C)COC1(F)Oc1ccccc1C(=O)OCC. The molecule has 0 radical (unpaired) electrons. The molecule has 0 spiro atoms. The van der Waals surface area contributed by atoms with Gasteiger partial charge in [0.25, 0.3) is 0 Å². The van der Waals surface area contributed by atoms with Gasteiger partial charge in [0.05, 0.1) is 25.2 Å². The summed E-state index contributed by atoms with van der Waals surface area (Å²) in [6.07, 6.45) is -0.315. The largest absolute Gasteiger partial charge is 0.462 e. The van der Waals surface area contributed by atoms with Crippen molar-refractivity contribution in [2.75, 3.05) is 13.2 Å². The summed E-state index contributed by atoms with van der Waals surface area (Å²) in [6.45, 7) is 8.44. The van der Waals surface area contributed by atoms with Crippen LogP contribution in [-0.4, -0.2) is 43.3 Å². The first kappa shape index (κ1) is 25.0. The molecule has 1 aliphatic rings. The molecule has 1 aliphatic heterocycles. The number of carbonyl (C=O) groups excluding carboxylic acids is 2. The smallest absolute Gasteiger partial charge is 0.369 e. The van der Waals surface area contributed by atoms with Crippen LogP contribution < -0.4 is 10.1 Å². The lowest BCUT2D eigenvalue weighted by Crippen LogP contribution is -2.61. The second-order valence-electron chi connectivity index (χ2n) is 8.74. The van der Waals surface area contributed by atoms with Gasteiger partial charge in [-0.15, -0.1) is 0 Å². The normalized spacial score (nSPS) is 26.2. The van der Waals surface area contributed by atoms with Gasteiger partial charge in [-0.2, -0.15) is 4.39 Å². The molecular formula is C23H33F2NO5. The Bertz CT molecular complexity index is 767. The highest BCUT2D eigenvalue weighted by Crippen LogP contribution is 2.41. The Morgan fingerprint density at radius 2 is 1.94 bits per heavy atom. The molecule has 1 heterocycles. The van der Waals surface area contributed by atoms with Gasteiger partial charge in [0, 0.05) is 5.41 Å². The highest BCUT2D eigenvalue weighted by atomic mass is 19.2. The zero-order chi connectivity index (χ0) is 23.2. The first-order valence-corrected chi connectivity index (χ1v) is 10.8. The fraction of sp³-hybridized carbons (Fsp3) is 0.652. The standard InChI is InChI=1S/C23H33F2NO5/c1-6-8-12-16-19(24)17(26-21(28)22(3,4)5)14-30-23(16,25)31-18-13-10-9-11-15(18)20(27)29-7-2/h9-11,13,16-17,19H,6-8,12,14H2,1-5H3,(H,26,28). The Kier molecular flexibility index (Phi) is 8.40. The van der Waals surface area contributed by atoms with Crippen molar-refractivity contribution in [2.24, 2.45) is 11.3 Å². The number of hydrogen-bond acceptors (Lipinski definition) is 5. The number of halogens is 2. The summed E-state index contributed by atoms with van der Waals surface area (Å²) in [5.74, 6) is -2.40. The van der Waals surface area contributed by atoms with Crippen molar-refractivity contribution in [3.63, 3.8) is 0 Å². The van der Waals surface area contributed by atoms with E-state index >= 15 is 8.78 Å². The monoisotopic (exact) mass is 441 g/mol. The summed E-state index contributed by atoms with van der Waals surface area (Å²) in [5, 5.41) is 2.63. The molecule has 1 amide bonds. The summed E-state index contributed by atoms with van der Waals surface area (Å²) in [6, 6.07) is 2.23. The van der Waals surface area contributed by atoms with Crippen LogP contribution in [0.25, 0.3) is 0 Å². The Balaban J connectivity index is 2.28. The number of hydrogen-bond donors (Lipinski definition) is 1. The molecule has 1 aromatic rings. The molecule has 0 aromatic heterocycles. The number of carbonyl (C=O) groups is 2. The van der Waals surface area contributed by atoms with E-state index in [1.54, 1.807) is 39.8 Å². The molecule has 4 unspecified atom stereocenters. The van der Waals surface area contributed by atoms with E-state index in [1.165, 1.54) is 12.1 Å². The van der Waals surface area contributed by atoms with Crippen molar-refractivity contribution >= 4 is 11.9 Å². The van der Waals surface area contributed by atoms with Gasteiger partial charge in [0.15, 0.2) is 0 Å². The van der Waals surface area contributed by atoms with Crippen LogP contribution in [0.4, 0.5) is 8.78 Å². The molecule has 174 valence electrons. The summed E-state index contributed by atoms with van der Waals surface area (Å²) < 4.78 is 47.2. The van der Waals surface area contributed by atoms with Gasteiger partial charge < -0.3 is 19.5 Å². The first-order valence-electron chi connectivity index (χ1n) is 10.8. The third kappa shape index (κ3) is 6.15. The van der Waals surface area contributed by atoms with E-state index in [4.69, 9.17) is 14.2 Å². The number of unbranched alkanes of at least 4 members (excludes halogenated alkanes) is 1. The number of benzene rings is 1. The minimum Gasteiger partial charge on any atom is -0.462 e. The molecule has 8 heteroatoms. The van der Waals surface area contributed by atoms with Crippen molar-refractivity contribution in [1.82, 2.24) is 5.32 Å². The first-order chi connectivity index (χ1) is 14.5. The maximum Gasteiger partial charge on any atom is 0.369 e. The zero-order valence-electron chi connectivity index (χ0n) is 18.9. The van der Waals surface area contributed by atoms with Crippen LogP contribution >= 0.6 is 0 Å². The Morgan fingerprint density at radius 3 is 2.55 bits per heavy atom. The van der Waals surface area contributed by atoms with E-state index in [-0.39, 0.29) is 30.2 Å². The minimum absolute atomic E-state index is 0.0257. The second kappa shape index (κ2) is 10.4. The van der Waals surface area contributed by atoms with E-state index < -0.39 is 42.2 Å². The van der Waals surface area contributed by atoms with Crippen LogP contribution in [0.15, 0.2) is 24.3 Å². The predicted molar refractivity (Wildman–Crippen MR) is 112 cm³/mol. The topological polar surface area (TPSA) is 73.9 Å². The molecule has 1 fully saturated rings. The van der Waals surface area contributed by atoms with Gasteiger partial charge >= 0.3 is 12.0 Å². The van der Waals surface area contributed by atoms with Gasteiger partial charge in [-0.25, -0.2) is 9.18 Å². The zero-order valence-corrected chi connectivity index (χ0v) is 18.9. The molecule has 31 heavy (non-hydrogen) atoms. The molecule has 0 aliphatic carbocycles. The number of esters is 1. The van der Waals surface area contributed by atoms with Crippen LogP contribution in [0, 0.1) is 11.3 Å². The summed E-state index contributed by atoms with van der Waals surface area (Å²) in [4.78, 5) is 24.5. The van der Waals surface area contributed by atoms with E-state index in [1.807, 2.05) is 6.92 Å². The highest BCUT2D eigenvalue weighted by Gasteiger charge is 2.55. The van der Waals surface area contributed by atoms with Crippen LogP contribution in [0.3, 0.4) is 0 Å². The lowest BCUT2D eigenvalue weighted by Gasteiger charge is -2.43. The van der Waals surface area contributed by atoms with Crippen LogP contribution in [0.5, 0.6) is 5.75 Å². The fourth-order valence-corrected chi connectivity index (χ4v) is 3.32. The lowest BCUT2D eigenvalue weighted by atomic mass is 9.87. The number of rotatable bonds is 8. The number of amides is 1. The van der Waals surface area contributed by atoms with E-state index in [0.717, 1.165) is 6.42 Å². The Labute approximate surface area is 182 Å². The van der Waals surface area contributed by atoms with Gasteiger partial charge in [-0.3, -0.25) is 4.79 Å². The Morgan fingerprint density at radius 1 is 1.26 bits per heavy atom. The van der Waals surface area contributed by atoms with Crippen molar-refractivity contribution in [2.45, 2.75) is 72.1 Å². The molecule has 0 saturated carbocycles. The molecule has 4 atom stereocenters.